The fourth-order valence-electron chi connectivity index (χ4n) is 1.71. The monoisotopic (exact) mass is 291 g/mol. The van der Waals surface area contributed by atoms with Crippen molar-refractivity contribution in [2.45, 2.75) is 32.4 Å². The third kappa shape index (κ3) is 7.15. The zero-order chi connectivity index (χ0) is 15.5. The Morgan fingerprint density at radius 2 is 2.00 bits per heavy atom. The summed E-state index contributed by atoms with van der Waals surface area (Å²) in [6, 6.07) is 9.06. The minimum absolute atomic E-state index is 0.112. The normalized spacial score (nSPS) is 11.9. The predicted molar refractivity (Wildman–Crippen MR) is 79.6 cm³/mol. The first-order chi connectivity index (χ1) is 10.2. The molecule has 0 fully saturated rings. The molecule has 1 atom stereocenters. The minimum Gasteiger partial charge on any atom is -0.469 e. The summed E-state index contributed by atoms with van der Waals surface area (Å²) in [6.07, 6.45) is 3.86. The summed E-state index contributed by atoms with van der Waals surface area (Å²) in [5, 5.41) is 2.67. The summed E-state index contributed by atoms with van der Waals surface area (Å²) in [5.74, 6) is -0.368. The highest BCUT2D eigenvalue weighted by atomic mass is 16.5. The van der Waals surface area contributed by atoms with Gasteiger partial charge in [-0.25, -0.2) is 4.79 Å². The predicted octanol–water partition coefficient (Wildman–Crippen LogP) is 2.81. The van der Waals surface area contributed by atoms with E-state index >= 15 is 0 Å². The van der Waals surface area contributed by atoms with Crippen LogP contribution in [0.2, 0.25) is 0 Å². The molecule has 1 rings (SSSR count). The van der Waals surface area contributed by atoms with E-state index in [1.165, 1.54) is 7.11 Å². The van der Waals surface area contributed by atoms with Gasteiger partial charge in [-0.05, 0) is 18.9 Å². The van der Waals surface area contributed by atoms with E-state index in [1.807, 2.05) is 49.4 Å². The summed E-state index contributed by atoms with van der Waals surface area (Å²) in [4.78, 5) is 23.1. The molecule has 1 amide bonds. The van der Waals surface area contributed by atoms with E-state index in [0.717, 1.165) is 5.56 Å². The van der Waals surface area contributed by atoms with Crippen LogP contribution in [0.25, 0.3) is 0 Å². The molecule has 0 aliphatic rings. The lowest BCUT2D eigenvalue weighted by Crippen LogP contribution is -2.36. The summed E-state index contributed by atoms with van der Waals surface area (Å²) < 4.78 is 9.74. The Labute approximate surface area is 124 Å². The number of amides is 1. The number of methoxy groups -OCH3 is 1. The Bertz CT molecular complexity index is 470. The maximum absolute atomic E-state index is 11.8. The first-order valence-corrected chi connectivity index (χ1v) is 6.81. The number of carbonyl (C=O) groups excluding carboxylic acids is 2. The SMILES string of the molecule is C/C=C/C[C@H](CC(=O)OC)NC(=O)OCc1ccccc1. The number of rotatable bonds is 7. The van der Waals surface area contributed by atoms with Crippen LogP contribution in [0.4, 0.5) is 4.79 Å². The van der Waals surface area contributed by atoms with Crippen LogP contribution in [0.1, 0.15) is 25.3 Å². The molecule has 21 heavy (non-hydrogen) atoms. The van der Waals surface area contributed by atoms with Gasteiger partial charge in [-0.15, -0.1) is 0 Å². The van der Waals surface area contributed by atoms with Gasteiger partial charge >= 0.3 is 12.1 Å². The standard InChI is InChI=1S/C16H21NO4/c1-3-4-10-14(11-15(18)20-2)17-16(19)21-12-13-8-6-5-7-9-13/h3-9,14H,10-12H2,1-2H3,(H,17,19)/b4-3+/t14-/m1/s1. The Balaban J connectivity index is 2.45. The fourth-order valence-corrected chi connectivity index (χ4v) is 1.71. The second-order valence-corrected chi connectivity index (χ2v) is 4.49. The number of benzene rings is 1. The average molecular weight is 291 g/mol. The lowest BCUT2D eigenvalue weighted by atomic mass is 10.1. The molecule has 5 heteroatoms. The first kappa shape index (κ1) is 16.8. The van der Waals surface area contributed by atoms with Gasteiger partial charge in [0.25, 0.3) is 0 Å². The second kappa shape index (κ2) is 9.58. The molecule has 1 N–H and O–H groups in total. The summed E-state index contributed by atoms with van der Waals surface area (Å²) in [6.45, 7) is 2.07. The van der Waals surface area contributed by atoms with Gasteiger partial charge in [-0.2, -0.15) is 0 Å². The first-order valence-electron chi connectivity index (χ1n) is 6.81. The number of hydrogen-bond donors (Lipinski definition) is 1. The number of nitrogens with one attached hydrogen (secondary N) is 1. The van der Waals surface area contributed by atoms with Crippen molar-refractivity contribution in [1.82, 2.24) is 5.32 Å². The summed E-state index contributed by atoms with van der Waals surface area (Å²) in [5.41, 5.74) is 0.908. The number of hydrogen-bond acceptors (Lipinski definition) is 4. The maximum Gasteiger partial charge on any atom is 0.407 e. The Kier molecular flexibility index (Phi) is 7.64. The molecule has 0 unspecified atom stereocenters. The number of esters is 1. The van der Waals surface area contributed by atoms with Crippen molar-refractivity contribution in [3.8, 4) is 0 Å². The molecule has 0 heterocycles. The molecule has 0 aliphatic heterocycles. The molecule has 1 aromatic carbocycles. The van der Waals surface area contributed by atoms with Crippen molar-refractivity contribution in [3.63, 3.8) is 0 Å². The minimum atomic E-state index is -0.544. The number of alkyl carbamates (subject to hydrolysis) is 1. The van der Waals surface area contributed by atoms with E-state index < -0.39 is 6.09 Å². The largest absolute Gasteiger partial charge is 0.469 e. The van der Waals surface area contributed by atoms with E-state index in [2.05, 4.69) is 10.1 Å². The molecule has 0 radical (unpaired) electrons. The molecule has 0 saturated carbocycles. The molecule has 114 valence electrons. The van der Waals surface area contributed by atoms with Crippen LogP contribution < -0.4 is 5.32 Å². The highest BCUT2D eigenvalue weighted by Crippen LogP contribution is 2.04. The van der Waals surface area contributed by atoms with Crippen molar-refractivity contribution in [3.05, 3.63) is 48.0 Å². The molecule has 5 nitrogen and oxygen atoms in total. The van der Waals surface area contributed by atoms with Crippen molar-refractivity contribution < 1.29 is 19.1 Å². The maximum atomic E-state index is 11.8. The van der Waals surface area contributed by atoms with Gasteiger partial charge in [0.2, 0.25) is 0 Å². The smallest absolute Gasteiger partial charge is 0.407 e. The number of allylic oxidation sites excluding steroid dienone is 1. The van der Waals surface area contributed by atoms with Gasteiger partial charge in [0, 0.05) is 6.04 Å². The Morgan fingerprint density at radius 1 is 1.29 bits per heavy atom. The van der Waals surface area contributed by atoms with Crippen LogP contribution in [0.5, 0.6) is 0 Å². The van der Waals surface area contributed by atoms with Gasteiger partial charge in [0.1, 0.15) is 6.61 Å². The van der Waals surface area contributed by atoms with Gasteiger partial charge in [0.05, 0.1) is 13.5 Å². The van der Waals surface area contributed by atoms with E-state index in [0.29, 0.717) is 6.42 Å². The van der Waals surface area contributed by atoms with Crippen LogP contribution in [-0.4, -0.2) is 25.2 Å². The van der Waals surface area contributed by atoms with Crippen LogP contribution in [0, 0.1) is 0 Å². The van der Waals surface area contributed by atoms with E-state index in [4.69, 9.17) is 4.74 Å². The van der Waals surface area contributed by atoms with Crippen LogP contribution in [0.15, 0.2) is 42.5 Å². The molecule has 1 aromatic rings. The van der Waals surface area contributed by atoms with Crippen molar-refractivity contribution in [2.24, 2.45) is 0 Å². The molecule has 0 saturated heterocycles. The van der Waals surface area contributed by atoms with Crippen LogP contribution >= 0.6 is 0 Å². The molecule has 0 bridgehead atoms. The number of ether oxygens (including phenoxy) is 2. The molecular formula is C16H21NO4. The van der Waals surface area contributed by atoms with Crippen molar-refractivity contribution in [2.75, 3.05) is 7.11 Å². The molecule has 0 aliphatic carbocycles. The van der Waals surface area contributed by atoms with Gasteiger partial charge in [-0.3, -0.25) is 4.79 Å². The highest BCUT2D eigenvalue weighted by molar-refractivity contribution is 5.72. The van der Waals surface area contributed by atoms with Gasteiger partial charge < -0.3 is 14.8 Å². The van der Waals surface area contributed by atoms with Crippen molar-refractivity contribution in [1.29, 1.82) is 0 Å². The van der Waals surface area contributed by atoms with Crippen LogP contribution in [0.3, 0.4) is 0 Å². The molecule has 0 spiro atoms. The van der Waals surface area contributed by atoms with Gasteiger partial charge in [0.15, 0.2) is 0 Å². The zero-order valence-electron chi connectivity index (χ0n) is 12.4. The van der Waals surface area contributed by atoms with E-state index in [9.17, 15) is 9.59 Å². The Hall–Kier alpha value is -2.30. The summed E-state index contributed by atoms with van der Waals surface area (Å²) in [7, 11) is 1.32. The Morgan fingerprint density at radius 3 is 2.62 bits per heavy atom. The van der Waals surface area contributed by atoms with Gasteiger partial charge in [-0.1, -0.05) is 42.5 Å². The zero-order valence-corrected chi connectivity index (χ0v) is 12.4. The average Bonchev–Trinajstić information content (AvgIpc) is 2.51. The lowest BCUT2D eigenvalue weighted by Gasteiger charge is -2.16. The summed E-state index contributed by atoms with van der Waals surface area (Å²) >= 11 is 0. The molecule has 0 aromatic heterocycles. The quantitative estimate of drug-likeness (QED) is 0.619. The van der Waals surface area contributed by atoms with E-state index in [-0.39, 0.29) is 25.0 Å². The van der Waals surface area contributed by atoms with Crippen LogP contribution in [-0.2, 0) is 20.9 Å². The highest BCUT2D eigenvalue weighted by Gasteiger charge is 2.16. The second-order valence-electron chi connectivity index (χ2n) is 4.49. The van der Waals surface area contributed by atoms with Crippen molar-refractivity contribution >= 4 is 12.1 Å². The topological polar surface area (TPSA) is 64.6 Å². The third-order valence-corrected chi connectivity index (χ3v) is 2.83. The lowest BCUT2D eigenvalue weighted by molar-refractivity contribution is -0.141. The fraction of sp³-hybridized carbons (Fsp3) is 0.375. The number of carbonyl (C=O) groups is 2. The molecular weight excluding hydrogens is 270 g/mol. The van der Waals surface area contributed by atoms with E-state index in [1.54, 1.807) is 0 Å². The third-order valence-electron chi connectivity index (χ3n) is 2.83.